The first kappa shape index (κ1) is 27.1. The molecule has 5 rings (SSSR count). The van der Waals surface area contributed by atoms with Crippen LogP contribution in [0.15, 0.2) is 89.5 Å². The third-order valence-electron chi connectivity index (χ3n) is 7.47. The highest BCUT2D eigenvalue weighted by Gasteiger charge is 2.27. The molecule has 0 saturated carbocycles. The molecule has 4 aromatic rings. The van der Waals surface area contributed by atoms with Gasteiger partial charge < -0.3 is 19.1 Å². The first-order chi connectivity index (χ1) is 19.5. The van der Waals surface area contributed by atoms with E-state index < -0.39 is 0 Å². The second kappa shape index (κ2) is 12.6. The van der Waals surface area contributed by atoms with Crippen molar-refractivity contribution in [1.82, 2.24) is 20.0 Å². The number of carbonyl (C=O) groups excluding carboxylic acids is 2. The average Bonchev–Trinajstić information content (AvgIpc) is 3.56. The minimum Gasteiger partial charge on any atom is -0.459 e. The molecule has 2 amide bonds. The van der Waals surface area contributed by atoms with Crippen molar-refractivity contribution in [2.45, 2.75) is 20.3 Å². The van der Waals surface area contributed by atoms with E-state index in [2.05, 4.69) is 65.3 Å². The number of rotatable bonds is 9. The molecule has 0 aliphatic carbocycles. The molecule has 206 valence electrons. The first-order valence-corrected chi connectivity index (χ1v) is 13.9. The Morgan fingerprint density at radius 1 is 0.850 bits per heavy atom. The number of hydrogen-bond donors (Lipinski definition) is 0. The van der Waals surface area contributed by atoms with Gasteiger partial charge in [0.15, 0.2) is 11.6 Å². The van der Waals surface area contributed by atoms with E-state index in [1.54, 1.807) is 17.0 Å². The summed E-state index contributed by atoms with van der Waals surface area (Å²) in [7, 11) is 0. The predicted molar refractivity (Wildman–Crippen MR) is 156 cm³/mol. The van der Waals surface area contributed by atoms with Gasteiger partial charge in [-0.2, -0.15) is 0 Å². The Kier molecular flexibility index (Phi) is 8.54. The standard InChI is InChI=1S/C32H35N5O3/c1-3-24(2)22-37(32(39)29-10-7-21-40-29)23-31(38)36-19-17-35(18-20-36)30-16-15-28(33-34-30)27-13-11-26(12-14-27)25-8-5-4-6-9-25/h4-16,21,24H,3,17-20,22-23H2,1-2H3. The summed E-state index contributed by atoms with van der Waals surface area (Å²) in [5, 5.41) is 8.95. The second-order valence-electron chi connectivity index (χ2n) is 10.3. The number of carbonyl (C=O) groups is 2. The van der Waals surface area contributed by atoms with Gasteiger partial charge in [-0.15, -0.1) is 10.2 Å². The Morgan fingerprint density at radius 3 is 2.17 bits per heavy atom. The molecule has 2 aromatic carbocycles. The van der Waals surface area contributed by atoms with E-state index in [0.29, 0.717) is 32.7 Å². The van der Waals surface area contributed by atoms with E-state index in [-0.39, 0.29) is 30.0 Å². The molecule has 8 nitrogen and oxygen atoms in total. The van der Waals surface area contributed by atoms with Crippen LogP contribution in [0.25, 0.3) is 22.4 Å². The fourth-order valence-electron chi connectivity index (χ4n) is 4.84. The van der Waals surface area contributed by atoms with Crippen LogP contribution in [0.4, 0.5) is 5.82 Å². The third kappa shape index (κ3) is 6.39. The highest BCUT2D eigenvalue weighted by molar-refractivity contribution is 5.94. The molecular formula is C32H35N5O3. The first-order valence-electron chi connectivity index (χ1n) is 13.9. The van der Waals surface area contributed by atoms with Crippen molar-refractivity contribution in [1.29, 1.82) is 0 Å². The summed E-state index contributed by atoms with van der Waals surface area (Å²) < 4.78 is 5.31. The molecule has 2 aromatic heterocycles. The van der Waals surface area contributed by atoms with Crippen molar-refractivity contribution < 1.29 is 14.0 Å². The van der Waals surface area contributed by atoms with Crippen LogP contribution in [0.1, 0.15) is 30.8 Å². The smallest absolute Gasteiger partial charge is 0.290 e. The minimum absolute atomic E-state index is 0.0431. The number of aromatic nitrogens is 2. The van der Waals surface area contributed by atoms with Crippen molar-refractivity contribution in [3.8, 4) is 22.4 Å². The van der Waals surface area contributed by atoms with E-state index in [4.69, 9.17) is 4.42 Å². The van der Waals surface area contributed by atoms with Crippen molar-refractivity contribution in [2.75, 3.05) is 44.2 Å². The molecule has 1 saturated heterocycles. The minimum atomic E-state index is -0.248. The highest BCUT2D eigenvalue weighted by atomic mass is 16.3. The van der Waals surface area contributed by atoms with Gasteiger partial charge in [0.25, 0.3) is 5.91 Å². The lowest BCUT2D eigenvalue weighted by molar-refractivity contribution is -0.132. The number of nitrogens with zero attached hydrogens (tertiary/aromatic N) is 5. The van der Waals surface area contributed by atoms with Crippen LogP contribution in [0.2, 0.25) is 0 Å². The largest absolute Gasteiger partial charge is 0.459 e. The molecule has 0 spiro atoms. The SMILES string of the molecule is CCC(C)CN(CC(=O)N1CCN(c2ccc(-c3ccc(-c4ccccc4)cc3)nn2)CC1)C(=O)c1ccco1. The molecule has 8 heteroatoms. The number of furan rings is 1. The van der Waals surface area contributed by atoms with Crippen LogP contribution in [-0.2, 0) is 4.79 Å². The summed E-state index contributed by atoms with van der Waals surface area (Å²) in [5.41, 5.74) is 4.18. The van der Waals surface area contributed by atoms with Crippen LogP contribution in [0.5, 0.6) is 0 Å². The van der Waals surface area contributed by atoms with Gasteiger partial charge in [0.05, 0.1) is 12.0 Å². The van der Waals surface area contributed by atoms with Crippen molar-refractivity contribution in [3.63, 3.8) is 0 Å². The Morgan fingerprint density at radius 2 is 1.55 bits per heavy atom. The molecule has 0 bridgehead atoms. The van der Waals surface area contributed by atoms with Crippen LogP contribution < -0.4 is 4.90 Å². The molecule has 0 radical (unpaired) electrons. The zero-order chi connectivity index (χ0) is 27.9. The van der Waals surface area contributed by atoms with E-state index in [1.165, 1.54) is 11.8 Å². The van der Waals surface area contributed by atoms with Crippen LogP contribution in [-0.4, -0.2) is 71.1 Å². The van der Waals surface area contributed by atoms with Gasteiger partial charge >= 0.3 is 0 Å². The van der Waals surface area contributed by atoms with E-state index in [1.807, 2.05) is 35.2 Å². The van der Waals surface area contributed by atoms with Gasteiger partial charge in [-0.05, 0) is 41.3 Å². The predicted octanol–water partition coefficient (Wildman–Crippen LogP) is 5.24. The fraction of sp³-hybridized carbons (Fsp3) is 0.312. The molecule has 1 aliphatic heterocycles. The molecule has 1 aliphatic rings. The van der Waals surface area contributed by atoms with Gasteiger partial charge in [0.1, 0.15) is 6.54 Å². The van der Waals surface area contributed by atoms with Crippen molar-refractivity contribution in [3.05, 3.63) is 90.9 Å². The fourth-order valence-corrected chi connectivity index (χ4v) is 4.84. The maximum atomic E-state index is 13.2. The van der Waals surface area contributed by atoms with Crippen LogP contribution in [0, 0.1) is 5.92 Å². The molecule has 1 unspecified atom stereocenters. The van der Waals surface area contributed by atoms with E-state index in [0.717, 1.165) is 29.1 Å². The summed E-state index contributed by atoms with van der Waals surface area (Å²) in [6.07, 6.45) is 2.40. The average molecular weight is 538 g/mol. The lowest BCUT2D eigenvalue weighted by atomic mass is 10.0. The normalized spacial score (nSPS) is 14.2. The number of anilines is 1. The Hall–Kier alpha value is -4.46. The summed E-state index contributed by atoms with van der Waals surface area (Å²) in [5.74, 6) is 1.04. The lowest BCUT2D eigenvalue weighted by Gasteiger charge is -2.36. The molecule has 0 N–H and O–H groups in total. The third-order valence-corrected chi connectivity index (χ3v) is 7.47. The van der Waals surface area contributed by atoms with E-state index >= 15 is 0 Å². The Labute approximate surface area is 235 Å². The molecule has 1 fully saturated rings. The lowest BCUT2D eigenvalue weighted by Crippen LogP contribution is -2.52. The summed E-state index contributed by atoms with van der Waals surface area (Å²) in [6.45, 7) is 7.16. The quantitative estimate of drug-likeness (QED) is 0.290. The van der Waals surface area contributed by atoms with Gasteiger partial charge in [-0.1, -0.05) is 74.9 Å². The number of piperazine rings is 1. The van der Waals surface area contributed by atoms with Crippen LogP contribution >= 0.6 is 0 Å². The van der Waals surface area contributed by atoms with Crippen molar-refractivity contribution >= 4 is 17.6 Å². The molecule has 3 heterocycles. The summed E-state index contributed by atoms with van der Waals surface area (Å²) >= 11 is 0. The molecule has 1 atom stereocenters. The summed E-state index contributed by atoms with van der Waals surface area (Å²) in [6, 6.07) is 25.9. The van der Waals surface area contributed by atoms with Crippen molar-refractivity contribution in [2.24, 2.45) is 5.92 Å². The Bertz CT molecular complexity index is 1380. The molecular weight excluding hydrogens is 502 g/mol. The number of hydrogen-bond acceptors (Lipinski definition) is 6. The molecule has 40 heavy (non-hydrogen) atoms. The Balaban J connectivity index is 1.17. The number of amides is 2. The number of benzene rings is 2. The maximum Gasteiger partial charge on any atom is 0.290 e. The highest BCUT2D eigenvalue weighted by Crippen LogP contribution is 2.24. The monoisotopic (exact) mass is 537 g/mol. The van der Waals surface area contributed by atoms with Gasteiger partial charge in [-0.3, -0.25) is 9.59 Å². The maximum absolute atomic E-state index is 13.2. The van der Waals surface area contributed by atoms with Crippen LogP contribution in [0.3, 0.4) is 0 Å². The zero-order valence-corrected chi connectivity index (χ0v) is 23.1. The second-order valence-corrected chi connectivity index (χ2v) is 10.3. The topological polar surface area (TPSA) is 82.8 Å². The van der Waals surface area contributed by atoms with Gasteiger partial charge in [0, 0.05) is 38.3 Å². The van der Waals surface area contributed by atoms with Gasteiger partial charge in [0.2, 0.25) is 5.91 Å². The zero-order valence-electron chi connectivity index (χ0n) is 23.1. The summed E-state index contributed by atoms with van der Waals surface area (Å²) in [4.78, 5) is 31.7. The van der Waals surface area contributed by atoms with Gasteiger partial charge in [-0.25, -0.2) is 0 Å². The van der Waals surface area contributed by atoms with E-state index in [9.17, 15) is 9.59 Å².